The Bertz CT molecular complexity index is 581. The molecule has 2 saturated heterocycles. The molecule has 1 saturated carbocycles. The number of hydrogen-bond acceptors (Lipinski definition) is 2. The van der Waals surface area contributed by atoms with Crippen LogP contribution in [-0.4, -0.2) is 31.7 Å². The van der Waals surface area contributed by atoms with Crippen molar-refractivity contribution in [1.82, 2.24) is 0 Å². The van der Waals surface area contributed by atoms with E-state index in [1.807, 2.05) is 0 Å². The van der Waals surface area contributed by atoms with Crippen molar-refractivity contribution in [3.63, 3.8) is 0 Å². The molecule has 4 aliphatic rings. The number of carbonyl (C=O) groups excluding carboxylic acids is 1. The molecule has 3 fully saturated rings. The lowest BCUT2D eigenvalue weighted by molar-refractivity contribution is -0.914. The molecule has 2 aliphatic carbocycles. The van der Waals surface area contributed by atoms with E-state index < -0.39 is 0 Å². The molecule has 0 radical (unpaired) electrons. The Balaban J connectivity index is 1.55. The Morgan fingerprint density at radius 2 is 2.04 bits per heavy atom. The third-order valence-electron chi connectivity index (χ3n) is 7.70. The molecule has 0 aromatic heterocycles. The highest BCUT2D eigenvalue weighted by Crippen LogP contribution is 2.53. The summed E-state index contributed by atoms with van der Waals surface area (Å²) in [7, 11) is 0. The number of esters is 1. The van der Waals surface area contributed by atoms with Gasteiger partial charge in [0.1, 0.15) is 12.0 Å². The summed E-state index contributed by atoms with van der Waals surface area (Å²) in [4.78, 5) is 14.3. The number of ether oxygens (including phenoxy) is 1. The van der Waals surface area contributed by atoms with Crippen molar-refractivity contribution in [2.24, 2.45) is 28.6 Å². The van der Waals surface area contributed by atoms with Gasteiger partial charge in [-0.3, -0.25) is 4.79 Å². The van der Waals surface area contributed by atoms with Crippen LogP contribution in [0.15, 0.2) is 11.6 Å². The molecule has 3 nitrogen and oxygen atoms in total. The number of quaternary nitrogens is 1. The van der Waals surface area contributed by atoms with Gasteiger partial charge in [-0.25, -0.2) is 0 Å². The largest absolute Gasteiger partial charge is 0.461 e. The lowest BCUT2D eigenvalue weighted by atomic mass is 9.59. The van der Waals surface area contributed by atoms with Crippen molar-refractivity contribution in [1.29, 1.82) is 0 Å². The third kappa shape index (κ3) is 3.18. The minimum atomic E-state index is 0.0811. The predicted octanol–water partition coefficient (Wildman–Crippen LogP) is 3.01. The second-order valence-corrected chi connectivity index (χ2v) is 10.5. The molecular formula is C22H36NO2+. The fourth-order valence-corrected chi connectivity index (χ4v) is 6.44. The Hall–Kier alpha value is -0.830. The van der Waals surface area contributed by atoms with Crippen molar-refractivity contribution in [3.05, 3.63) is 11.6 Å². The van der Waals surface area contributed by atoms with E-state index in [4.69, 9.17) is 4.74 Å². The van der Waals surface area contributed by atoms with E-state index in [-0.39, 0.29) is 23.4 Å². The van der Waals surface area contributed by atoms with Gasteiger partial charge in [-0.15, -0.1) is 0 Å². The molecule has 140 valence electrons. The summed E-state index contributed by atoms with van der Waals surface area (Å²) in [6.07, 6.45) is 10.2. The first kappa shape index (κ1) is 17.6. The van der Waals surface area contributed by atoms with Crippen molar-refractivity contribution < 1.29 is 14.4 Å². The molecule has 3 heteroatoms. The average Bonchev–Trinajstić information content (AvgIpc) is 2.79. The maximum absolute atomic E-state index is 12.7. The summed E-state index contributed by atoms with van der Waals surface area (Å²) < 4.78 is 5.92. The summed E-state index contributed by atoms with van der Waals surface area (Å²) in [6, 6.07) is 0. The van der Waals surface area contributed by atoms with Crippen molar-refractivity contribution >= 4 is 5.97 Å². The number of piperidine rings is 1. The van der Waals surface area contributed by atoms with Crippen LogP contribution in [0.5, 0.6) is 0 Å². The van der Waals surface area contributed by atoms with Gasteiger partial charge in [0.15, 0.2) is 0 Å². The minimum absolute atomic E-state index is 0.0811. The fraction of sp³-hybridized carbons (Fsp3) is 0.864. The predicted molar refractivity (Wildman–Crippen MR) is 99.3 cm³/mol. The van der Waals surface area contributed by atoms with E-state index in [9.17, 15) is 4.79 Å². The smallest absolute Gasteiger partial charge is 0.315 e. The average molecular weight is 347 g/mol. The second-order valence-electron chi connectivity index (χ2n) is 10.5. The summed E-state index contributed by atoms with van der Waals surface area (Å²) in [5.74, 6) is 1.17. The first-order valence-corrected chi connectivity index (χ1v) is 10.5. The van der Waals surface area contributed by atoms with Gasteiger partial charge in [-0.05, 0) is 43.4 Å². The molecule has 1 N–H and O–H groups in total. The van der Waals surface area contributed by atoms with Gasteiger partial charge in [0.25, 0.3) is 0 Å². The zero-order chi connectivity index (χ0) is 17.8. The SMILES string of the molecule is C[C@H]1CCC[C@]2(C)C[C@H]3OC(=O)[C@@H](C[NH+]4CCCC(C)(C)C4)[C@H]3C=C12. The molecule has 2 heterocycles. The highest BCUT2D eigenvalue weighted by Gasteiger charge is 2.53. The van der Waals surface area contributed by atoms with Gasteiger partial charge in [-0.1, -0.05) is 45.8 Å². The Labute approximate surface area is 153 Å². The molecule has 4 rings (SSSR count). The maximum Gasteiger partial charge on any atom is 0.315 e. The first-order valence-electron chi connectivity index (χ1n) is 10.5. The summed E-state index contributed by atoms with van der Waals surface area (Å²) >= 11 is 0. The van der Waals surface area contributed by atoms with Gasteiger partial charge >= 0.3 is 5.97 Å². The molecule has 0 bridgehead atoms. The van der Waals surface area contributed by atoms with Gasteiger partial charge < -0.3 is 9.64 Å². The quantitative estimate of drug-likeness (QED) is 0.615. The van der Waals surface area contributed by atoms with Crippen LogP contribution in [0, 0.1) is 28.6 Å². The van der Waals surface area contributed by atoms with Crippen LogP contribution >= 0.6 is 0 Å². The fourth-order valence-electron chi connectivity index (χ4n) is 6.44. The van der Waals surface area contributed by atoms with Gasteiger partial charge in [0, 0.05) is 11.3 Å². The van der Waals surface area contributed by atoms with Gasteiger partial charge in [0.05, 0.1) is 19.6 Å². The number of likely N-dealkylation sites (tertiary alicyclic amines) is 1. The van der Waals surface area contributed by atoms with Crippen molar-refractivity contribution in [2.45, 2.75) is 72.3 Å². The Morgan fingerprint density at radius 3 is 2.80 bits per heavy atom. The summed E-state index contributed by atoms with van der Waals surface area (Å²) in [6.45, 7) is 12.9. The lowest BCUT2D eigenvalue weighted by Crippen LogP contribution is -3.15. The van der Waals surface area contributed by atoms with Crippen LogP contribution in [0.2, 0.25) is 0 Å². The molecule has 0 amide bonds. The van der Waals surface area contributed by atoms with E-state index >= 15 is 0 Å². The Morgan fingerprint density at radius 1 is 1.24 bits per heavy atom. The molecule has 0 aromatic carbocycles. The third-order valence-corrected chi connectivity index (χ3v) is 7.70. The highest BCUT2D eigenvalue weighted by molar-refractivity contribution is 5.76. The van der Waals surface area contributed by atoms with E-state index in [0.29, 0.717) is 17.3 Å². The number of hydrogen-bond donors (Lipinski definition) is 1. The molecule has 0 spiro atoms. The van der Waals surface area contributed by atoms with E-state index in [2.05, 4.69) is 33.8 Å². The lowest BCUT2D eigenvalue weighted by Gasteiger charge is -2.46. The van der Waals surface area contributed by atoms with Crippen molar-refractivity contribution in [2.75, 3.05) is 19.6 Å². The van der Waals surface area contributed by atoms with Crippen molar-refractivity contribution in [3.8, 4) is 0 Å². The second kappa shape index (κ2) is 6.11. The maximum atomic E-state index is 12.7. The zero-order valence-corrected chi connectivity index (χ0v) is 16.6. The standard InChI is InChI=1S/C22H35NO2/c1-15-7-5-9-22(4)12-19-16(11-18(15)22)17(20(24)25-19)13-23-10-6-8-21(2,3)14-23/h11,15-17,19H,5-10,12-14H2,1-4H3/p+1/t15-,16+,17-,19+,22+/m0/s1. The van der Waals surface area contributed by atoms with Crippen LogP contribution in [0.25, 0.3) is 0 Å². The number of nitrogens with one attached hydrogen (secondary N) is 1. The topological polar surface area (TPSA) is 30.7 Å². The van der Waals surface area contributed by atoms with Crippen LogP contribution in [0.4, 0.5) is 0 Å². The van der Waals surface area contributed by atoms with Gasteiger partial charge in [0.2, 0.25) is 0 Å². The van der Waals surface area contributed by atoms with E-state index in [1.54, 1.807) is 10.5 Å². The van der Waals surface area contributed by atoms with Crippen LogP contribution < -0.4 is 4.90 Å². The molecular weight excluding hydrogens is 310 g/mol. The normalized spacial score (nSPS) is 46.0. The van der Waals surface area contributed by atoms with Crippen LogP contribution in [0.3, 0.4) is 0 Å². The zero-order valence-electron chi connectivity index (χ0n) is 16.6. The van der Waals surface area contributed by atoms with Crippen LogP contribution in [-0.2, 0) is 9.53 Å². The first-order chi connectivity index (χ1) is 11.8. The molecule has 2 aliphatic heterocycles. The van der Waals surface area contributed by atoms with E-state index in [1.165, 1.54) is 45.2 Å². The Kier molecular flexibility index (Phi) is 4.30. The van der Waals surface area contributed by atoms with Crippen LogP contribution in [0.1, 0.15) is 66.2 Å². The minimum Gasteiger partial charge on any atom is -0.461 e. The molecule has 0 aromatic rings. The monoisotopic (exact) mass is 346 g/mol. The molecule has 1 unspecified atom stereocenters. The highest BCUT2D eigenvalue weighted by atomic mass is 16.6. The summed E-state index contributed by atoms with van der Waals surface area (Å²) in [5.41, 5.74) is 2.32. The van der Waals surface area contributed by atoms with Gasteiger partial charge in [-0.2, -0.15) is 0 Å². The molecule has 25 heavy (non-hydrogen) atoms. The van der Waals surface area contributed by atoms with E-state index in [0.717, 1.165) is 13.0 Å². The number of rotatable bonds is 2. The number of allylic oxidation sites excluding steroid dienone is 1. The molecule has 6 atom stereocenters. The summed E-state index contributed by atoms with van der Waals surface area (Å²) in [5, 5.41) is 0. The number of carbonyl (C=O) groups is 1. The number of fused-ring (bicyclic) bond motifs is 2.